The first-order valence-corrected chi connectivity index (χ1v) is 7.33. The van der Waals surface area contributed by atoms with Crippen molar-refractivity contribution in [3.63, 3.8) is 0 Å². The molecule has 0 aliphatic rings. The highest BCUT2D eigenvalue weighted by Gasteiger charge is 2.30. The van der Waals surface area contributed by atoms with Gasteiger partial charge < -0.3 is 5.32 Å². The second-order valence-corrected chi connectivity index (χ2v) is 5.05. The fraction of sp³-hybridized carbons (Fsp3) is 0.462. The van der Waals surface area contributed by atoms with Gasteiger partial charge in [-0.3, -0.25) is 14.9 Å². The molecule has 1 amide bonds. The third-order valence-electron chi connectivity index (χ3n) is 3.39. The van der Waals surface area contributed by atoms with Gasteiger partial charge in [0, 0.05) is 10.9 Å². The highest BCUT2D eigenvalue weighted by atomic mass is 79.9. The van der Waals surface area contributed by atoms with Crippen LogP contribution in [0.1, 0.15) is 37.0 Å². The number of benzene rings is 1. The first kappa shape index (κ1) is 16.6. The number of nitro groups is 1. The SMILES string of the molecule is CCC(CC)(CBr)NC(=O)c1ccc(F)cc1[N+](=O)[O-]. The van der Waals surface area contributed by atoms with Gasteiger partial charge in [0.15, 0.2) is 0 Å². The van der Waals surface area contributed by atoms with Crippen LogP contribution in [0.3, 0.4) is 0 Å². The Bertz CT molecular complexity index is 510. The van der Waals surface area contributed by atoms with Gasteiger partial charge >= 0.3 is 0 Å². The molecule has 1 aromatic rings. The quantitative estimate of drug-likeness (QED) is 0.487. The van der Waals surface area contributed by atoms with Crippen LogP contribution in [0.4, 0.5) is 10.1 Å². The van der Waals surface area contributed by atoms with E-state index in [0.717, 1.165) is 18.2 Å². The Morgan fingerprint density at radius 3 is 2.50 bits per heavy atom. The molecule has 110 valence electrons. The third-order valence-corrected chi connectivity index (χ3v) is 4.46. The van der Waals surface area contributed by atoms with Gasteiger partial charge in [0.1, 0.15) is 11.4 Å². The van der Waals surface area contributed by atoms with E-state index >= 15 is 0 Å². The number of carbonyl (C=O) groups is 1. The molecule has 0 aliphatic heterocycles. The Morgan fingerprint density at radius 2 is 2.05 bits per heavy atom. The van der Waals surface area contributed by atoms with Crippen molar-refractivity contribution in [2.45, 2.75) is 32.2 Å². The van der Waals surface area contributed by atoms with Crippen LogP contribution < -0.4 is 5.32 Å². The molecule has 0 saturated carbocycles. The minimum atomic E-state index is -0.758. The van der Waals surface area contributed by atoms with E-state index in [4.69, 9.17) is 0 Å². The molecule has 7 heteroatoms. The van der Waals surface area contributed by atoms with Crippen LogP contribution >= 0.6 is 15.9 Å². The summed E-state index contributed by atoms with van der Waals surface area (Å²) in [6, 6.07) is 2.92. The van der Waals surface area contributed by atoms with Crippen molar-refractivity contribution in [3.8, 4) is 0 Å². The van der Waals surface area contributed by atoms with E-state index in [-0.39, 0.29) is 5.56 Å². The molecule has 0 aliphatic carbocycles. The van der Waals surface area contributed by atoms with Crippen LogP contribution in [-0.2, 0) is 0 Å². The van der Waals surface area contributed by atoms with Crippen LogP contribution in [0.15, 0.2) is 18.2 Å². The van der Waals surface area contributed by atoms with E-state index in [2.05, 4.69) is 21.2 Å². The second-order valence-electron chi connectivity index (χ2n) is 4.49. The van der Waals surface area contributed by atoms with Crippen LogP contribution in [0.25, 0.3) is 0 Å². The number of nitro benzene ring substituents is 1. The van der Waals surface area contributed by atoms with Crippen molar-refractivity contribution in [3.05, 3.63) is 39.7 Å². The summed E-state index contributed by atoms with van der Waals surface area (Å²) in [5.74, 6) is -1.31. The monoisotopic (exact) mass is 346 g/mol. The Morgan fingerprint density at radius 1 is 1.45 bits per heavy atom. The molecule has 0 aromatic heterocycles. The average molecular weight is 347 g/mol. The molecule has 0 spiro atoms. The summed E-state index contributed by atoms with van der Waals surface area (Å²) in [4.78, 5) is 22.4. The summed E-state index contributed by atoms with van der Waals surface area (Å²) < 4.78 is 13.1. The molecule has 0 fully saturated rings. The molecule has 0 atom stereocenters. The molecule has 1 aromatic carbocycles. The first-order valence-electron chi connectivity index (χ1n) is 6.21. The lowest BCUT2D eigenvalue weighted by atomic mass is 9.95. The summed E-state index contributed by atoms with van der Waals surface area (Å²) in [5, 5.41) is 14.2. The summed E-state index contributed by atoms with van der Waals surface area (Å²) in [5.41, 5.74) is -1.14. The standard InChI is InChI=1S/C13H16BrFN2O3/c1-3-13(4-2,8-14)16-12(18)10-6-5-9(15)7-11(10)17(19)20/h5-7H,3-4,8H2,1-2H3,(H,16,18). The maximum atomic E-state index is 13.1. The van der Waals surface area contributed by atoms with Crippen LogP contribution in [0.2, 0.25) is 0 Å². The number of hydrogen-bond donors (Lipinski definition) is 1. The highest BCUT2D eigenvalue weighted by Crippen LogP contribution is 2.23. The predicted octanol–water partition coefficient (Wildman–Crippen LogP) is 3.42. The molecule has 20 heavy (non-hydrogen) atoms. The lowest BCUT2D eigenvalue weighted by molar-refractivity contribution is -0.385. The van der Waals surface area contributed by atoms with Crippen LogP contribution in [0, 0.1) is 15.9 Å². The first-order chi connectivity index (χ1) is 9.39. The number of rotatable bonds is 6. The zero-order valence-electron chi connectivity index (χ0n) is 11.3. The number of hydrogen-bond acceptors (Lipinski definition) is 3. The fourth-order valence-electron chi connectivity index (χ4n) is 1.81. The molecular weight excluding hydrogens is 331 g/mol. The maximum Gasteiger partial charge on any atom is 0.285 e. The van der Waals surface area contributed by atoms with Gasteiger partial charge in [0.25, 0.3) is 11.6 Å². The topological polar surface area (TPSA) is 72.2 Å². The number of halogens is 2. The average Bonchev–Trinajstić information content (AvgIpc) is 2.44. The Balaban J connectivity index is 3.12. The molecule has 0 unspecified atom stereocenters. The van der Waals surface area contributed by atoms with Crippen molar-refractivity contribution < 1.29 is 14.1 Å². The van der Waals surface area contributed by atoms with E-state index in [1.165, 1.54) is 0 Å². The minimum Gasteiger partial charge on any atom is -0.346 e. The van der Waals surface area contributed by atoms with Gasteiger partial charge in [-0.1, -0.05) is 29.8 Å². The van der Waals surface area contributed by atoms with E-state index in [1.54, 1.807) is 0 Å². The Hall–Kier alpha value is -1.50. The van der Waals surface area contributed by atoms with Crippen molar-refractivity contribution in [1.29, 1.82) is 0 Å². The normalized spacial score (nSPS) is 11.2. The molecular formula is C13H16BrFN2O3. The largest absolute Gasteiger partial charge is 0.346 e. The number of alkyl halides is 1. The predicted molar refractivity (Wildman–Crippen MR) is 77.6 cm³/mol. The van der Waals surface area contributed by atoms with E-state index in [1.807, 2.05) is 13.8 Å². The van der Waals surface area contributed by atoms with Gasteiger partial charge in [-0.05, 0) is 25.0 Å². The second kappa shape index (κ2) is 6.78. The van der Waals surface area contributed by atoms with Gasteiger partial charge in [-0.25, -0.2) is 4.39 Å². The summed E-state index contributed by atoms with van der Waals surface area (Å²) in [7, 11) is 0. The van der Waals surface area contributed by atoms with Crippen molar-refractivity contribution >= 4 is 27.5 Å². The van der Waals surface area contributed by atoms with Crippen LogP contribution in [-0.4, -0.2) is 21.7 Å². The zero-order chi connectivity index (χ0) is 15.3. The van der Waals surface area contributed by atoms with E-state index in [0.29, 0.717) is 18.2 Å². The zero-order valence-corrected chi connectivity index (χ0v) is 12.9. The molecule has 0 radical (unpaired) electrons. The number of nitrogens with one attached hydrogen (secondary N) is 1. The Kier molecular flexibility index (Phi) is 5.62. The third kappa shape index (κ3) is 3.53. The molecule has 0 heterocycles. The number of carbonyl (C=O) groups excluding carboxylic acids is 1. The highest BCUT2D eigenvalue weighted by molar-refractivity contribution is 9.09. The number of nitrogens with zero attached hydrogens (tertiary/aromatic N) is 1. The minimum absolute atomic E-state index is 0.136. The number of amides is 1. The molecule has 5 nitrogen and oxygen atoms in total. The van der Waals surface area contributed by atoms with Crippen molar-refractivity contribution in [2.24, 2.45) is 0 Å². The van der Waals surface area contributed by atoms with E-state index in [9.17, 15) is 19.3 Å². The summed E-state index contributed by atoms with van der Waals surface area (Å²) >= 11 is 3.34. The molecule has 1 N–H and O–H groups in total. The Labute approximate surface area is 124 Å². The summed E-state index contributed by atoms with van der Waals surface area (Å²) in [6.07, 6.45) is 1.35. The molecule has 0 saturated heterocycles. The summed E-state index contributed by atoms with van der Waals surface area (Å²) in [6.45, 7) is 3.84. The molecule has 1 rings (SSSR count). The van der Waals surface area contributed by atoms with E-state index < -0.39 is 27.9 Å². The van der Waals surface area contributed by atoms with Crippen LogP contribution in [0.5, 0.6) is 0 Å². The van der Waals surface area contributed by atoms with Gasteiger partial charge in [-0.15, -0.1) is 0 Å². The van der Waals surface area contributed by atoms with Gasteiger partial charge in [0.05, 0.1) is 11.0 Å². The maximum absolute atomic E-state index is 13.1. The fourth-order valence-corrected chi connectivity index (χ4v) is 2.74. The van der Waals surface area contributed by atoms with Crippen molar-refractivity contribution in [2.75, 3.05) is 5.33 Å². The molecule has 0 bridgehead atoms. The van der Waals surface area contributed by atoms with Crippen molar-refractivity contribution in [1.82, 2.24) is 5.32 Å². The lowest BCUT2D eigenvalue weighted by Gasteiger charge is -2.30. The lowest BCUT2D eigenvalue weighted by Crippen LogP contribution is -2.49. The van der Waals surface area contributed by atoms with Gasteiger partial charge in [-0.2, -0.15) is 0 Å². The smallest absolute Gasteiger partial charge is 0.285 e. The van der Waals surface area contributed by atoms with Gasteiger partial charge in [0.2, 0.25) is 0 Å².